The summed E-state index contributed by atoms with van der Waals surface area (Å²) in [6.07, 6.45) is 0. The van der Waals surface area contributed by atoms with Crippen LogP contribution in [-0.4, -0.2) is 11.0 Å². The van der Waals surface area contributed by atoms with Crippen molar-refractivity contribution in [1.29, 1.82) is 0 Å². The van der Waals surface area contributed by atoms with E-state index in [0.29, 0.717) is 12.1 Å². The number of aryl methyl sites for hydroxylation is 1. The molecule has 0 bridgehead atoms. The second-order valence-electron chi connectivity index (χ2n) is 3.81. The molecule has 0 saturated heterocycles. The molecule has 0 spiro atoms. The number of phenolic OH excluding ortho intramolecular Hbond substituents is 1. The number of thiophene rings is 1. The standard InChI is InChI=1S/C13H13NO2S/c1-9-7-17-8-11(9)6-14-13(16)10-2-4-12(15)5-3-10/h2-5,7-8,15H,6H2,1H3,(H,14,16). The van der Waals surface area contributed by atoms with E-state index in [1.807, 2.05) is 12.3 Å². The van der Waals surface area contributed by atoms with E-state index >= 15 is 0 Å². The van der Waals surface area contributed by atoms with Gasteiger partial charge in [-0.2, -0.15) is 11.3 Å². The molecule has 3 nitrogen and oxygen atoms in total. The minimum Gasteiger partial charge on any atom is -0.508 e. The van der Waals surface area contributed by atoms with Crippen LogP contribution in [0.15, 0.2) is 35.0 Å². The Bertz CT molecular complexity index is 516. The normalized spacial score (nSPS) is 10.2. The fraction of sp³-hybridized carbons (Fsp3) is 0.154. The van der Waals surface area contributed by atoms with Crippen molar-refractivity contribution < 1.29 is 9.90 Å². The van der Waals surface area contributed by atoms with E-state index in [9.17, 15) is 4.79 Å². The lowest BCUT2D eigenvalue weighted by atomic mass is 10.2. The van der Waals surface area contributed by atoms with Gasteiger partial charge in [-0.25, -0.2) is 0 Å². The van der Waals surface area contributed by atoms with Crippen LogP contribution in [-0.2, 0) is 6.54 Å². The first-order valence-electron chi connectivity index (χ1n) is 5.25. The Morgan fingerprint density at radius 3 is 2.59 bits per heavy atom. The Morgan fingerprint density at radius 1 is 1.29 bits per heavy atom. The molecule has 1 heterocycles. The predicted octanol–water partition coefficient (Wildman–Crippen LogP) is 2.69. The molecule has 0 aliphatic rings. The van der Waals surface area contributed by atoms with Gasteiger partial charge in [0.25, 0.3) is 5.91 Å². The number of aromatic hydroxyl groups is 1. The Kier molecular flexibility index (Phi) is 3.44. The van der Waals surface area contributed by atoms with Gasteiger partial charge in [-0.15, -0.1) is 0 Å². The van der Waals surface area contributed by atoms with E-state index in [1.165, 1.54) is 17.7 Å². The molecule has 0 atom stereocenters. The van der Waals surface area contributed by atoms with E-state index in [0.717, 1.165) is 5.56 Å². The molecule has 1 aromatic heterocycles. The number of phenols is 1. The smallest absolute Gasteiger partial charge is 0.251 e. The number of rotatable bonds is 3. The molecule has 2 rings (SSSR count). The van der Waals surface area contributed by atoms with Gasteiger partial charge in [-0.05, 0) is 53.1 Å². The monoisotopic (exact) mass is 247 g/mol. The second kappa shape index (κ2) is 5.01. The van der Waals surface area contributed by atoms with Gasteiger partial charge < -0.3 is 10.4 Å². The average molecular weight is 247 g/mol. The van der Waals surface area contributed by atoms with Crippen molar-refractivity contribution in [1.82, 2.24) is 5.32 Å². The summed E-state index contributed by atoms with van der Waals surface area (Å²) in [4.78, 5) is 11.8. The minimum absolute atomic E-state index is 0.129. The molecule has 1 amide bonds. The second-order valence-corrected chi connectivity index (χ2v) is 4.55. The van der Waals surface area contributed by atoms with Crippen LogP contribution in [0.2, 0.25) is 0 Å². The van der Waals surface area contributed by atoms with Crippen molar-refractivity contribution in [2.24, 2.45) is 0 Å². The molecule has 0 aliphatic carbocycles. The zero-order valence-electron chi connectivity index (χ0n) is 9.43. The largest absolute Gasteiger partial charge is 0.508 e. The summed E-state index contributed by atoms with van der Waals surface area (Å²) in [5.74, 6) is 0.0332. The van der Waals surface area contributed by atoms with Crippen molar-refractivity contribution in [3.63, 3.8) is 0 Å². The van der Waals surface area contributed by atoms with E-state index in [4.69, 9.17) is 5.11 Å². The third kappa shape index (κ3) is 2.85. The SMILES string of the molecule is Cc1cscc1CNC(=O)c1ccc(O)cc1. The number of carbonyl (C=O) groups excluding carboxylic acids is 1. The topological polar surface area (TPSA) is 49.3 Å². The lowest BCUT2D eigenvalue weighted by molar-refractivity contribution is 0.0951. The highest BCUT2D eigenvalue weighted by Crippen LogP contribution is 2.14. The number of carbonyl (C=O) groups is 1. The van der Waals surface area contributed by atoms with Gasteiger partial charge in [0, 0.05) is 12.1 Å². The van der Waals surface area contributed by atoms with E-state index in [2.05, 4.69) is 10.7 Å². The predicted molar refractivity (Wildman–Crippen MR) is 68.3 cm³/mol. The first-order chi connectivity index (χ1) is 8.16. The van der Waals surface area contributed by atoms with E-state index in [-0.39, 0.29) is 11.7 Å². The summed E-state index contributed by atoms with van der Waals surface area (Å²) in [5.41, 5.74) is 2.89. The highest BCUT2D eigenvalue weighted by molar-refractivity contribution is 7.08. The Labute approximate surface area is 104 Å². The molecule has 88 valence electrons. The molecule has 0 saturated carbocycles. The Hall–Kier alpha value is -1.81. The molecule has 0 radical (unpaired) electrons. The molecule has 1 aromatic carbocycles. The van der Waals surface area contributed by atoms with Crippen LogP contribution in [0.5, 0.6) is 5.75 Å². The maximum absolute atomic E-state index is 11.8. The summed E-state index contributed by atoms with van der Waals surface area (Å²) < 4.78 is 0. The van der Waals surface area contributed by atoms with Gasteiger partial charge in [-0.1, -0.05) is 0 Å². The van der Waals surface area contributed by atoms with Gasteiger partial charge in [0.15, 0.2) is 0 Å². The molecule has 4 heteroatoms. The molecular weight excluding hydrogens is 234 g/mol. The van der Waals surface area contributed by atoms with Gasteiger partial charge in [0.05, 0.1) is 0 Å². The molecule has 2 aromatic rings. The first kappa shape index (κ1) is 11.7. The van der Waals surface area contributed by atoms with Crippen molar-refractivity contribution in [3.8, 4) is 5.75 Å². The molecule has 17 heavy (non-hydrogen) atoms. The van der Waals surface area contributed by atoms with Crippen molar-refractivity contribution in [2.75, 3.05) is 0 Å². The van der Waals surface area contributed by atoms with Crippen LogP contribution in [0.3, 0.4) is 0 Å². The van der Waals surface area contributed by atoms with Crippen LogP contribution in [0.4, 0.5) is 0 Å². The number of amides is 1. The van der Waals surface area contributed by atoms with Crippen LogP contribution >= 0.6 is 11.3 Å². The molecule has 0 fully saturated rings. The van der Waals surface area contributed by atoms with Crippen LogP contribution in [0.1, 0.15) is 21.5 Å². The highest BCUT2D eigenvalue weighted by Gasteiger charge is 2.06. The van der Waals surface area contributed by atoms with E-state index in [1.54, 1.807) is 23.5 Å². The number of nitrogens with one attached hydrogen (secondary N) is 1. The summed E-state index contributed by atoms with van der Waals surface area (Å²) in [7, 11) is 0. The molecule has 0 aliphatic heterocycles. The lowest BCUT2D eigenvalue weighted by Gasteiger charge is -2.05. The van der Waals surface area contributed by atoms with Gasteiger partial charge >= 0.3 is 0 Å². The fourth-order valence-corrected chi connectivity index (χ4v) is 2.32. The third-order valence-corrected chi connectivity index (χ3v) is 3.44. The van der Waals surface area contributed by atoms with Gasteiger partial charge in [0.2, 0.25) is 0 Å². The number of benzene rings is 1. The van der Waals surface area contributed by atoms with E-state index < -0.39 is 0 Å². The first-order valence-corrected chi connectivity index (χ1v) is 6.20. The molecular formula is C13H13NO2S. The van der Waals surface area contributed by atoms with Crippen molar-refractivity contribution >= 4 is 17.2 Å². The van der Waals surface area contributed by atoms with Gasteiger partial charge in [-0.3, -0.25) is 4.79 Å². The zero-order chi connectivity index (χ0) is 12.3. The number of hydrogen-bond donors (Lipinski definition) is 2. The Morgan fingerprint density at radius 2 is 2.00 bits per heavy atom. The Balaban J connectivity index is 1.98. The van der Waals surface area contributed by atoms with Crippen LogP contribution < -0.4 is 5.32 Å². The fourth-order valence-electron chi connectivity index (χ4n) is 1.46. The maximum Gasteiger partial charge on any atom is 0.251 e. The highest BCUT2D eigenvalue weighted by atomic mass is 32.1. The lowest BCUT2D eigenvalue weighted by Crippen LogP contribution is -2.22. The molecule has 0 unspecified atom stereocenters. The van der Waals surface area contributed by atoms with Crippen molar-refractivity contribution in [2.45, 2.75) is 13.5 Å². The number of hydrogen-bond acceptors (Lipinski definition) is 3. The average Bonchev–Trinajstić information content (AvgIpc) is 2.73. The zero-order valence-corrected chi connectivity index (χ0v) is 10.3. The van der Waals surface area contributed by atoms with Crippen LogP contribution in [0.25, 0.3) is 0 Å². The molecule has 2 N–H and O–H groups in total. The van der Waals surface area contributed by atoms with Crippen LogP contribution in [0, 0.1) is 6.92 Å². The maximum atomic E-state index is 11.8. The minimum atomic E-state index is -0.129. The van der Waals surface area contributed by atoms with Gasteiger partial charge in [0.1, 0.15) is 5.75 Å². The summed E-state index contributed by atoms with van der Waals surface area (Å²) >= 11 is 1.63. The third-order valence-electron chi connectivity index (χ3n) is 2.53. The van der Waals surface area contributed by atoms with Crippen molar-refractivity contribution in [3.05, 3.63) is 51.7 Å². The summed E-state index contributed by atoms with van der Waals surface area (Å²) in [6.45, 7) is 2.56. The summed E-state index contributed by atoms with van der Waals surface area (Å²) in [5, 5.41) is 16.1. The quantitative estimate of drug-likeness (QED) is 0.876. The summed E-state index contributed by atoms with van der Waals surface area (Å²) in [6, 6.07) is 6.21.